The number of para-hydroxylation sites is 1. The zero-order valence-corrected chi connectivity index (χ0v) is 30.2. The second-order valence-electron chi connectivity index (χ2n) is 14.0. The molecule has 0 unspecified atom stereocenters. The molecule has 0 saturated heterocycles. The molecule has 0 saturated carbocycles. The first-order chi connectivity index (χ1) is 27.8. The van der Waals surface area contributed by atoms with Crippen LogP contribution in [0.5, 0.6) is 0 Å². The SMILES string of the molecule is c1ccc(-c2cc(-c3cccc4oc5ccccc5c34)nc(-c3ccc(-c4cc5ccccc5c5c(-c6ccccc6)c(-c6ccccc6)nn45)cc3)n2)cc1. The Bertz CT molecular complexity index is 3220. The van der Waals surface area contributed by atoms with Gasteiger partial charge >= 0.3 is 0 Å². The molecule has 0 N–H and O–H groups in total. The Morgan fingerprint density at radius 3 is 1.80 bits per heavy atom. The molecule has 0 aliphatic rings. The maximum absolute atomic E-state index is 6.27. The van der Waals surface area contributed by atoms with Crippen LogP contribution in [0.2, 0.25) is 0 Å². The van der Waals surface area contributed by atoms with E-state index in [1.807, 2.05) is 54.6 Å². The molecule has 11 rings (SSSR count). The van der Waals surface area contributed by atoms with Gasteiger partial charge in [0, 0.05) is 49.5 Å². The molecule has 56 heavy (non-hydrogen) atoms. The third-order valence-corrected chi connectivity index (χ3v) is 10.6. The summed E-state index contributed by atoms with van der Waals surface area (Å²) in [7, 11) is 0. The van der Waals surface area contributed by atoms with E-state index >= 15 is 0 Å². The van der Waals surface area contributed by atoms with Crippen LogP contribution < -0.4 is 0 Å². The van der Waals surface area contributed by atoms with Gasteiger partial charge in [-0.1, -0.05) is 170 Å². The van der Waals surface area contributed by atoms with Crippen LogP contribution in [0.4, 0.5) is 0 Å². The molecule has 0 atom stereocenters. The average Bonchev–Trinajstić information content (AvgIpc) is 3.87. The number of nitrogens with zero attached hydrogens (tertiary/aromatic N) is 4. The lowest BCUT2D eigenvalue weighted by Gasteiger charge is -2.12. The van der Waals surface area contributed by atoms with E-state index in [2.05, 4.69) is 144 Å². The molecule has 5 nitrogen and oxygen atoms in total. The number of rotatable bonds is 6. The fourth-order valence-corrected chi connectivity index (χ4v) is 8.02. The summed E-state index contributed by atoms with van der Waals surface area (Å²) < 4.78 is 8.39. The predicted molar refractivity (Wildman–Crippen MR) is 228 cm³/mol. The highest BCUT2D eigenvalue weighted by Crippen LogP contribution is 2.42. The lowest BCUT2D eigenvalue weighted by atomic mass is 9.97. The monoisotopic (exact) mass is 716 g/mol. The highest BCUT2D eigenvalue weighted by atomic mass is 16.3. The largest absolute Gasteiger partial charge is 0.456 e. The Balaban J connectivity index is 1.10. The van der Waals surface area contributed by atoms with Crippen LogP contribution >= 0.6 is 0 Å². The van der Waals surface area contributed by atoms with E-state index in [1.54, 1.807) is 0 Å². The molecule has 4 heterocycles. The molecule has 0 spiro atoms. The van der Waals surface area contributed by atoms with E-state index in [4.69, 9.17) is 19.5 Å². The first-order valence-corrected chi connectivity index (χ1v) is 18.8. The van der Waals surface area contributed by atoms with E-state index in [0.29, 0.717) is 5.82 Å². The third kappa shape index (κ3) is 5.29. The van der Waals surface area contributed by atoms with Gasteiger partial charge in [0.05, 0.1) is 22.6 Å². The second-order valence-corrected chi connectivity index (χ2v) is 14.0. The molecular weight excluding hydrogens is 685 g/mol. The molecule has 262 valence electrons. The molecule has 7 aromatic carbocycles. The summed E-state index contributed by atoms with van der Waals surface area (Å²) in [5, 5.41) is 9.80. The molecule has 0 aliphatic carbocycles. The Labute approximate surface area is 322 Å². The van der Waals surface area contributed by atoms with Gasteiger partial charge in [0.25, 0.3) is 0 Å². The number of furan rings is 1. The highest BCUT2D eigenvalue weighted by molar-refractivity contribution is 6.12. The van der Waals surface area contributed by atoms with Crippen molar-refractivity contribution in [2.45, 2.75) is 0 Å². The Kier molecular flexibility index (Phi) is 7.42. The molecule has 0 amide bonds. The zero-order chi connectivity index (χ0) is 37.0. The number of pyridine rings is 1. The number of benzene rings is 7. The smallest absolute Gasteiger partial charge is 0.160 e. The molecule has 11 aromatic rings. The van der Waals surface area contributed by atoms with Gasteiger partial charge in [0.1, 0.15) is 16.9 Å². The summed E-state index contributed by atoms with van der Waals surface area (Å²) in [6.07, 6.45) is 0. The number of hydrogen-bond donors (Lipinski definition) is 0. The Morgan fingerprint density at radius 1 is 0.429 bits per heavy atom. The standard InChI is InChI=1S/C51H32N4O/c1-4-15-33(16-5-1)42-32-43(40-24-14-26-46-48(40)41-23-12-13-25-45(41)56-46)53-51(52-42)37-29-27-34(28-30-37)44-31-38-21-10-11-22-39(38)50-47(35-17-6-2-7-18-35)49(54-55(44)50)36-19-8-3-9-20-36/h1-32H. The second kappa shape index (κ2) is 13.0. The summed E-state index contributed by atoms with van der Waals surface area (Å²) in [5.74, 6) is 0.651. The van der Waals surface area contributed by atoms with Crippen molar-refractivity contribution in [1.82, 2.24) is 19.6 Å². The molecule has 0 radical (unpaired) electrons. The third-order valence-electron chi connectivity index (χ3n) is 10.6. The van der Waals surface area contributed by atoms with Gasteiger partial charge in [-0.3, -0.25) is 0 Å². The fourth-order valence-electron chi connectivity index (χ4n) is 8.02. The molecule has 0 bridgehead atoms. The van der Waals surface area contributed by atoms with E-state index in [9.17, 15) is 0 Å². The van der Waals surface area contributed by atoms with Gasteiger partial charge in [0.2, 0.25) is 0 Å². The maximum Gasteiger partial charge on any atom is 0.160 e. The van der Waals surface area contributed by atoms with Crippen molar-refractivity contribution in [3.05, 3.63) is 194 Å². The van der Waals surface area contributed by atoms with E-state index in [0.717, 1.165) is 99.9 Å². The van der Waals surface area contributed by atoms with Crippen LogP contribution in [0.15, 0.2) is 199 Å². The first kappa shape index (κ1) is 31.9. The van der Waals surface area contributed by atoms with Crippen molar-refractivity contribution in [3.63, 3.8) is 0 Å². The minimum absolute atomic E-state index is 0.651. The van der Waals surface area contributed by atoms with Crippen LogP contribution in [0.3, 0.4) is 0 Å². The minimum atomic E-state index is 0.651. The van der Waals surface area contributed by atoms with Crippen LogP contribution in [0.25, 0.3) is 106 Å². The summed E-state index contributed by atoms with van der Waals surface area (Å²) in [4.78, 5) is 10.4. The molecule has 0 fully saturated rings. The van der Waals surface area contributed by atoms with Gasteiger partial charge in [-0.15, -0.1) is 0 Å². The van der Waals surface area contributed by atoms with E-state index < -0.39 is 0 Å². The predicted octanol–water partition coefficient (Wildman–Crippen LogP) is 13.2. The Morgan fingerprint density at radius 2 is 1.04 bits per heavy atom. The quantitative estimate of drug-likeness (QED) is 0.172. The lowest BCUT2D eigenvalue weighted by molar-refractivity contribution is 0.669. The van der Waals surface area contributed by atoms with Crippen LogP contribution in [-0.4, -0.2) is 19.6 Å². The summed E-state index contributed by atoms with van der Waals surface area (Å²) >= 11 is 0. The molecule has 0 aliphatic heterocycles. The zero-order valence-electron chi connectivity index (χ0n) is 30.2. The van der Waals surface area contributed by atoms with Crippen LogP contribution in [0, 0.1) is 0 Å². The van der Waals surface area contributed by atoms with Crippen molar-refractivity contribution >= 4 is 38.2 Å². The van der Waals surface area contributed by atoms with Crippen molar-refractivity contribution in [1.29, 1.82) is 0 Å². The summed E-state index contributed by atoms with van der Waals surface area (Å²) in [5.41, 5.74) is 13.7. The minimum Gasteiger partial charge on any atom is -0.456 e. The number of fused-ring (bicyclic) bond motifs is 6. The summed E-state index contributed by atoms with van der Waals surface area (Å²) in [6, 6.07) is 67.2. The highest BCUT2D eigenvalue weighted by Gasteiger charge is 2.22. The van der Waals surface area contributed by atoms with E-state index in [1.165, 1.54) is 0 Å². The first-order valence-electron chi connectivity index (χ1n) is 18.8. The molecular formula is C51H32N4O. The van der Waals surface area contributed by atoms with Gasteiger partial charge < -0.3 is 4.42 Å². The lowest BCUT2D eigenvalue weighted by Crippen LogP contribution is -1.97. The van der Waals surface area contributed by atoms with Gasteiger partial charge in [-0.25, -0.2) is 14.5 Å². The maximum atomic E-state index is 6.27. The van der Waals surface area contributed by atoms with Crippen LogP contribution in [0.1, 0.15) is 0 Å². The Hall–Kier alpha value is -7.63. The van der Waals surface area contributed by atoms with Gasteiger partial charge in [0.15, 0.2) is 5.82 Å². The molecule has 5 heteroatoms. The number of hydrogen-bond acceptors (Lipinski definition) is 4. The molecule has 4 aromatic heterocycles. The topological polar surface area (TPSA) is 56.2 Å². The van der Waals surface area contributed by atoms with Crippen molar-refractivity contribution in [3.8, 4) is 67.5 Å². The average molecular weight is 717 g/mol. The summed E-state index contributed by atoms with van der Waals surface area (Å²) in [6.45, 7) is 0. The van der Waals surface area contributed by atoms with Crippen molar-refractivity contribution in [2.24, 2.45) is 0 Å². The fraction of sp³-hybridized carbons (Fsp3) is 0. The van der Waals surface area contributed by atoms with E-state index in [-0.39, 0.29) is 0 Å². The van der Waals surface area contributed by atoms with Gasteiger partial charge in [-0.2, -0.15) is 5.10 Å². The van der Waals surface area contributed by atoms with Crippen LogP contribution in [-0.2, 0) is 0 Å². The van der Waals surface area contributed by atoms with Crippen molar-refractivity contribution in [2.75, 3.05) is 0 Å². The van der Waals surface area contributed by atoms with Crippen molar-refractivity contribution < 1.29 is 4.42 Å². The normalized spacial score (nSPS) is 11.6. The van der Waals surface area contributed by atoms with Gasteiger partial charge in [-0.05, 0) is 35.2 Å². The number of aromatic nitrogens is 4.